The van der Waals surface area contributed by atoms with Gasteiger partial charge in [0.25, 0.3) is 11.4 Å². The molecule has 13 heteroatoms. The minimum atomic E-state index is -1.04. The SMILES string of the molecule is COC(=O)Nc1cnc(-c2ccccc2)n(CC(=O)N[C@@H](C(=O)c2nnc(C(C)(C)c3cccc(C)n3)o2)C(C)C)c1=O. The Balaban J connectivity index is 1.60. The van der Waals surface area contributed by atoms with Crippen molar-refractivity contribution < 1.29 is 23.5 Å². The molecule has 4 rings (SSSR count). The number of benzene rings is 1. The van der Waals surface area contributed by atoms with Crippen molar-refractivity contribution in [1.82, 2.24) is 30.0 Å². The summed E-state index contributed by atoms with van der Waals surface area (Å²) >= 11 is 0. The summed E-state index contributed by atoms with van der Waals surface area (Å²) in [5, 5.41) is 13.1. The summed E-state index contributed by atoms with van der Waals surface area (Å²) in [6.45, 7) is 8.60. The lowest BCUT2D eigenvalue weighted by Crippen LogP contribution is -2.46. The number of ether oxygens (including phenoxy) is 1. The van der Waals surface area contributed by atoms with Gasteiger partial charge in [0.15, 0.2) is 0 Å². The first kappa shape index (κ1) is 30.8. The van der Waals surface area contributed by atoms with Crippen LogP contribution in [-0.4, -0.2) is 55.7 Å². The van der Waals surface area contributed by atoms with Gasteiger partial charge in [-0.15, -0.1) is 10.2 Å². The molecule has 2 N–H and O–H groups in total. The van der Waals surface area contributed by atoms with Gasteiger partial charge in [-0.25, -0.2) is 9.78 Å². The van der Waals surface area contributed by atoms with Crippen molar-refractivity contribution in [3.63, 3.8) is 0 Å². The fourth-order valence-electron chi connectivity index (χ4n) is 4.31. The van der Waals surface area contributed by atoms with E-state index in [1.165, 1.54) is 6.20 Å². The first-order chi connectivity index (χ1) is 20.4. The Bertz CT molecular complexity index is 1690. The van der Waals surface area contributed by atoms with Crippen molar-refractivity contribution in [2.45, 2.75) is 52.6 Å². The monoisotopic (exact) mass is 587 g/mol. The fraction of sp³-hybridized carbons (Fsp3) is 0.333. The van der Waals surface area contributed by atoms with Crippen molar-refractivity contribution in [2.75, 3.05) is 12.4 Å². The minimum Gasteiger partial charge on any atom is -0.453 e. The number of amides is 2. The highest BCUT2D eigenvalue weighted by atomic mass is 16.5. The second-order valence-corrected chi connectivity index (χ2v) is 10.7. The Morgan fingerprint density at radius 1 is 1.05 bits per heavy atom. The zero-order valence-electron chi connectivity index (χ0n) is 24.7. The lowest BCUT2D eigenvalue weighted by molar-refractivity contribution is -0.122. The number of hydrogen-bond acceptors (Lipinski definition) is 10. The Hall–Kier alpha value is -5.20. The maximum atomic E-state index is 13.5. The molecule has 0 saturated carbocycles. The number of nitrogens with one attached hydrogen (secondary N) is 2. The van der Waals surface area contributed by atoms with E-state index in [9.17, 15) is 19.2 Å². The predicted molar refractivity (Wildman–Crippen MR) is 156 cm³/mol. The first-order valence-corrected chi connectivity index (χ1v) is 13.5. The van der Waals surface area contributed by atoms with E-state index < -0.39 is 41.3 Å². The third kappa shape index (κ3) is 6.83. The molecule has 0 spiro atoms. The van der Waals surface area contributed by atoms with Crippen molar-refractivity contribution >= 4 is 23.5 Å². The largest absolute Gasteiger partial charge is 0.453 e. The highest BCUT2D eigenvalue weighted by Crippen LogP contribution is 2.29. The number of anilines is 1. The maximum Gasteiger partial charge on any atom is 0.411 e. The van der Waals surface area contributed by atoms with Gasteiger partial charge in [0.2, 0.25) is 17.6 Å². The molecule has 3 aromatic heterocycles. The number of aryl methyl sites for hydroxylation is 1. The summed E-state index contributed by atoms with van der Waals surface area (Å²) < 4.78 is 11.5. The minimum absolute atomic E-state index is 0.181. The molecule has 1 atom stereocenters. The second-order valence-electron chi connectivity index (χ2n) is 10.7. The molecule has 0 saturated heterocycles. The van der Waals surface area contributed by atoms with Crippen LogP contribution in [0, 0.1) is 12.8 Å². The molecule has 0 aliphatic carbocycles. The molecule has 2 amide bonds. The van der Waals surface area contributed by atoms with Gasteiger partial charge in [-0.05, 0) is 38.8 Å². The number of methoxy groups -OCH3 is 1. The molecule has 3 heterocycles. The Kier molecular flexibility index (Phi) is 9.12. The Morgan fingerprint density at radius 2 is 1.77 bits per heavy atom. The van der Waals surface area contributed by atoms with E-state index in [1.54, 1.807) is 44.2 Å². The number of rotatable bonds is 10. The molecule has 0 unspecified atom stereocenters. The number of carbonyl (C=O) groups is 3. The average Bonchev–Trinajstić information content (AvgIpc) is 3.49. The first-order valence-electron chi connectivity index (χ1n) is 13.5. The number of nitrogens with zero attached hydrogens (tertiary/aromatic N) is 5. The summed E-state index contributed by atoms with van der Waals surface area (Å²) in [4.78, 5) is 60.8. The molecule has 0 aliphatic rings. The summed E-state index contributed by atoms with van der Waals surface area (Å²) in [6.07, 6.45) is 0.324. The molecule has 1 aromatic carbocycles. The molecular formula is C30H33N7O6. The third-order valence-corrected chi connectivity index (χ3v) is 6.77. The van der Waals surface area contributed by atoms with E-state index in [-0.39, 0.29) is 29.2 Å². The van der Waals surface area contributed by atoms with Gasteiger partial charge in [0.1, 0.15) is 18.1 Å². The van der Waals surface area contributed by atoms with Crippen LogP contribution in [0.15, 0.2) is 63.9 Å². The molecule has 0 radical (unpaired) electrons. The van der Waals surface area contributed by atoms with Crippen LogP contribution in [0.5, 0.6) is 0 Å². The molecule has 4 aromatic rings. The normalized spacial score (nSPS) is 12.1. The number of aromatic nitrogens is 5. The van der Waals surface area contributed by atoms with Crippen molar-refractivity contribution in [1.29, 1.82) is 0 Å². The maximum absolute atomic E-state index is 13.5. The van der Waals surface area contributed by atoms with Gasteiger partial charge in [-0.1, -0.05) is 50.2 Å². The van der Waals surface area contributed by atoms with E-state index in [4.69, 9.17) is 4.42 Å². The smallest absolute Gasteiger partial charge is 0.411 e. The van der Waals surface area contributed by atoms with Crippen LogP contribution in [-0.2, 0) is 21.5 Å². The highest BCUT2D eigenvalue weighted by molar-refractivity contribution is 5.98. The van der Waals surface area contributed by atoms with E-state index in [1.807, 2.05) is 39.0 Å². The summed E-state index contributed by atoms with van der Waals surface area (Å²) in [5.41, 5.74) is 0.439. The quantitative estimate of drug-likeness (QED) is 0.262. The zero-order chi connectivity index (χ0) is 31.3. The van der Waals surface area contributed by atoms with Gasteiger partial charge >= 0.3 is 6.09 Å². The fourth-order valence-corrected chi connectivity index (χ4v) is 4.31. The lowest BCUT2D eigenvalue weighted by atomic mass is 9.88. The molecule has 0 bridgehead atoms. The van der Waals surface area contributed by atoms with Gasteiger partial charge < -0.3 is 14.5 Å². The summed E-state index contributed by atoms with van der Waals surface area (Å²) in [5.74, 6) is -1.46. The number of pyridine rings is 1. The number of carbonyl (C=O) groups excluding carboxylic acids is 3. The number of ketones is 1. The number of hydrogen-bond donors (Lipinski definition) is 2. The van der Waals surface area contributed by atoms with Crippen LogP contribution in [0.4, 0.5) is 10.5 Å². The van der Waals surface area contributed by atoms with Gasteiger partial charge in [-0.3, -0.25) is 29.3 Å². The molecule has 43 heavy (non-hydrogen) atoms. The molecule has 0 fully saturated rings. The van der Waals surface area contributed by atoms with E-state index in [2.05, 4.69) is 35.5 Å². The Morgan fingerprint density at radius 3 is 2.42 bits per heavy atom. The van der Waals surface area contributed by atoms with Gasteiger partial charge in [0, 0.05) is 11.3 Å². The standard InChI is InChI=1S/C30H33N7O6/c1-17(2)23(24(39)26-35-36-28(43-26)30(4,5)21-14-10-11-18(3)32-21)34-22(38)16-37-25(19-12-8-7-9-13-19)31-15-20(27(37)40)33-29(41)42-6/h7-15,17,23H,16H2,1-6H3,(H,33,41)(H,34,38)/t23-/m1/s1. The van der Waals surface area contributed by atoms with Crippen LogP contribution in [0.1, 0.15) is 55.7 Å². The molecule has 0 aliphatic heterocycles. The van der Waals surface area contributed by atoms with Crippen molar-refractivity contribution in [3.05, 3.63) is 88.3 Å². The van der Waals surface area contributed by atoms with Gasteiger partial charge in [-0.2, -0.15) is 0 Å². The van der Waals surface area contributed by atoms with Crippen molar-refractivity contribution in [3.8, 4) is 11.4 Å². The van der Waals surface area contributed by atoms with Crippen LogP contribution in [0.2, 0.25) is 0 Å². The van der Waals surface area contributed by atoms with Crippen LogP contribution < -0.4 is 16.2 Å². The van der Waals surface area contributed by atoms with Crippen LogP contribution in [0.25, 0.3) is 11.4 Å². The molecule has 13 nitrogen and oxygen atoms in total. The number of Topliss-reactive ketones (excluding diaryl/α,β-unsaturated/α-hetero) is 1. The summed E-state index contributed by atoms with van der Waals surface area (Å²) in [6, 6.07) is 13.3. The van der Waals surface area contributed by atoms with Crippen molar-refractivity contribution in [2.24, 2.45) is 5.92 Å². The zero-order valence-corrected chi connectivity index (χ0v) is 24.7. The summed E-state index contributed by atoms with van der Waals surface area (Å²) in [7, 11) is 1.16. The third-order valence-electron chi connectivity index (χ3n) is 6.77. The predicted octanol–water partition coefficient (Wildman–Crippen LogP) is 3.52. The Labute approximate surface area is 247 Å². The topological polar surface area (TPSA) is 171 Å². The van der Waals surface area contributed by atoms with E-state index in [0.717, 1.165) is 17.4 Å². The van der Waals surface area contributed by atoms with E-state index >= 15 is 0 Å². The molecular weight excluding hydrogens is 554 g/mol. The van der Waals surface area contributed by atoms with Crippen LogP contribution in [0.3, 0.4) is 0 Å². The van der Waals surface area contributed by atoms with E-state index in [0.29, 0.717) is 11.3 Å². The van der Waals surface area contributed by atoms with Gasteiger partial charge in [0.05, 0.1) is 30.5 Å². The average molecular weight is 588 g/mol. The lowest BCUT2D eigenvalue weighted by Gasteiger charge is -2.21. The second kappa shape index (κ2) is 12.8. The van der Waals surface area contributed by atoms with Crippen LogP contribution >= 0.6 is 0 Å². The highest BCUT2D eigenvalue weighted by Gasteiger charge is 2.35. The molecule has 224 valence electrons.